The first-order chi connectivity index (χ1) is 8.59. The van der Waals surface area contributed by atoms with Gasteiger partial charge in [-0.25, -0.2) is 4.68 Å². The molecule has 2 rings (SSSR count). The van der Waals surface area contributed by atoms with Crippen molar-refractivity contribution in [2.24, 2.45) is 0 Å². The second-order valence-corrected chi connectivity index (χ2v) is 4.74. The molecule has 0 radical (unpaired) electrons. The number of likely N-dealkylation sites (N-methyl/N-ethyl adjacent to an activating group) is 1. The highest BCUT2D eigenvalue weighted by Gasteiger charge is 2.13. The number of hydrogen-bond donors (Lipinski definition) is 1. The molecule has 18 heavy (non-hydrogen) atoms. The molecule has 0 aliphatic carbocycles. The minimum absolute atomic E-state index is 0.751. The number of aromatic nitrogens is 2. The Morgan fingerprint density at radius 1 is 1.22 bits per heavy atom. The van der Waals surface area contributed by atoms with Crippen molar-refractivity contribution in [1.29, 1.82) is 0 Å². The minimum Gasteiger partial charge on any atom is -0.383 e. The van der Waals surface area contributed by atoms with E-state index >= 15 is 0 Å². The second-order valence-electron chi connectivity index (χ2n) is 4.74. The molecule has 2 N–H and O–H groups in total. The molecule has 0 fully saturated rings. The molecular formula is C14H20N4. The fraction of sp³-hybridized carbons (Fsp3) is 0.357. The van der Waals surface area contributed by atoms with Gasteiger partial charge in [-0.1, -0.05) is 30.3 Å². The Morgan fingerprint density at radius 2 is 1.89 bits per heavy atom. The largest absolute Gasteiger partial charge is 0.383 e. The van der Waals surface area contributed by atoms with Gasteiger partial charge in [0.25, 0.3) is 0 Å². The van der Waals surface area contributed by atoms with Gasteiger partial charge in [-0.15, -0.1) is 0 Å². The molecule has 0 amide bonds. The lowest BCUT2D eigenvalue weighted by Gasteiger charge is -2.10. The average molecular weight is 244 g/mol. The Morgan fingerprint density at radius 3 is 2.50 bits per heavy atom. The predicted molar refractivity (Wildman–Crippen MR) is 75.4 cm³/mol. The molecule has 0 bridgehead atoms. The number of benzene rings is 1. The molecule has 0 spiro atoms. The zero-order valence-electron chi connectivity index (χ0n) is 11.2. The molecule has 1 heterocycles. The topological polar surface area (TPSA) is 47.1 Å². The van der Waals surface area contributed by atoms with Crippen LogP contribution in [-0.2, 0) is 6.54 Å². The number of hydrogen-bond acceptors (Lipinski definition) is 3. The van der Waals surface area contributed by atoms with Crippen LogP contribution in [-0.4, -0.2) is 35.3 Å². The van der Waals surface area contributed by atoms with E-state index in [9.17, 15) is 0 Å². The van der Waals surface area contributed by atoms with Crippen molar-refractivity contribution in [3.63, 3.8) is 0 Å². The van der Waals surface area contributed by atoms with E-state index in [4.69, 9.17) is 5.73 Å². The minimum atomic E-state index is 0.751. The smallest absolute Gasteiger partial charge is 0.129 e. The normalized spacial score (nSPS) is 11.1. The third-order valence-corrected chi connectivity index (χ3v) is 2.99. The van der Waals surface area contributed by atoms with Gasteiger partial charge < -0.3 is 10.6 Å². The third-order valence-electron chi connectivity index (χ3n) is 2.99. The van der Waals surface area contributed by atoms with Crippen LogP contribution in [0.2, 0.25) is 0 Å². The Kier molecular flexibility index (Phi) is 3.67. The first kappa shape index (κ1) is 12.6. The lowest BCUT2D eigenvalue weighted by Crippen LogP contribution is -2.20. The quantitative estimate of drug-likeness (QED) is 0.895. The summed E-state index contributed by atoms with van der Waals surface area (Å²) in [5.41, 5.74) is 9.37. The van der Waals surface area contributed by atoms with Gasteiger partial charge in [-0.05, 0) is 26.6 Å². The van der Waals surface area contributed by atoms with E-state index in [0.717, 1.165) is 35.7 Å². The molecule has 4 nitrogen and oxygen atoms in total. The average Bonchev–Trinajstić information content (AvgIpc) is 2.63. The predicted octanol–water partition coefficient (Wildman–Crippen LogP) is 2.00. The number of aryl methyl sites for hydroxylation is 1. The summed E-state index contributed by atoms with van der Waals surface area (Å²) in [6.07, 6.45) is 0. The molecule has 0 saturated carbocycles. The van der Waals surface area contributed by atoms with Crippen LogP contribution in [0, 0.1) is 6.92 Å². The van der Waals surface area contributed by atoms with Crippen LogP contribution in [0.1, 0.15) is 5.69 Å². The van der Waals surface area contributed by atoms with Crippen molar-refractivity contribution in [2.45, 2.75) is 13.5 Å². The van der Waals surface area contributed by atoms with E-state index in [1.54, 1.807) is 0 Å². The highest BCUT2D eigenvalue weighted by Crippen LogP contribution is 2.28. The highest BCUT2D eigenvalue weighted by atomic mass is 15.3. The van der Waals surface area contributed by atoms with E-state index in [1.807, 2.05) is 43.9 Å². The van der Waals surface area contributed by atoms with Crippen LogP contribution in [0.25, 0.3) is 11.1 Å². The Bertz CT molecular complexity index is 514. The van der Waals surface area contributed by atoms with Crippen molar-refractivity contribution in [3.05, 3.63) is 36.0 Å². The van der Waals surface area contributed by atoms with Gasteiger partial charge in [0.15, 0.2) is 0 Å². The summed E-state index contributed by atoms with van der Waals surface area (Å²) in [5.74, 6) is 0.751. The van der Waals surface area contributed by atoms with Crippen LogP contribution in [0.5, 0.6) is 0 Å². The number of nitrogens with zero attached hydrogens (tertiary/aromatic N) is 3. The maximum atomic E-state index is 6.20. The van der Waals surface area contributed by atoms with Gasteiger partial charge in [0.05, 0.1) is 12.2 Å². The van der Waals surface area contributed by atoms with Crippen LogP contribution >= 0.6 is 0 Å². The molecule has 1 aromatic carbocycles. The molecule has 0 atom stereocenters. The SMILES string of the molecule is Cc1nn(CCN(C)C)c(N)c1-c1ccccc1. The summed E-state index contributed by atoms with van der Waals surface area (Å²) in [7, 11) is 4.09. The highest BCUT2D eigenvalue weighted by molar-refractivity contribution is 5.76. The lowest BCUT2D eigenvalue weighted by molar-refractivity contribution is 0.374. The Balaban J connectivity index is 2.33. The van der Waals surface area contributed by atoms with Crippen LogP contribution in [0.15, 0.2) is 30.3 Å². The zero-order valence-corrected chi connectivity index (χ0v) is 11.2. The van der Waals surface area contributed by atoms with Gasteiger partial charge in [0.1, 0.15) is 5.82 Å². The van der Waals surface area contributed by atoms with Crippen molar-refractivity contribution >= 4 is 5.82 Å². The molecule has 0 aliphatic rings. The summed E-state index contributed by atoms with van der Waals surface area (Å²) in [4.78, 5) is 2.12. The molecule has 96 valence electrons. The maximum absolute atomic E-state index is 6.20. The molecule has 0 aliphatic heterocycles. The summed E-state index contributed by atoms with van der Waals surface area (Å²) >= 11 is 0. The van der Waals surface area contributed by atoms with Gasteiger partial charge in [0.2, 0.25) is 0 Å². The van der Waals surface area contributed by atoms with E-state index < -0.39 is 0 Å². The van der Waals surface area contributed by atoms with E-state index in [1.165, 1.54) is 0 Å². The van der Waals surface area contributed by atoms with Crippen molar-refractivity contribution in [1.82, 2.24) is 14.7 Å². The summed E-state index contributed by atoms with van der Waals surface area (Å²) < 4.78 is 1.89. The summed E-state index contributed by atoms with van der Waals surface area (Å²) in [6.45, 7) is 3.75. The van der Waals surface area contributed by atoms with Crippen LogP contribution < -0.4 is 5.73 Å². The van der Waals surface area contributed by atoms with Gasteiger partial charge in [-0.2, -0.15) is 5.10 Å². The zero-order chi connectivity index (χ0) is 13.1. The molecule has 1 aromatic heterocycles. The monoisotopic (exact) mass is 244 g/mol. The number of nitrogen functional groups attached to an aromatic ring is 1. The lowest BCUT2D eigenvalue weighted by atomic mass is 10.1. The molecule has 2 aromatic rings. The van der Waals surface area contributed by atoms with E-state index in [2.05, 4.69) is 22.1 Å². The van der Waals surface area contributed by atoms with E-state index in [0.29, 0.717) is 0 Å². The standard InChI is InChI=1S/C14H20N4/c1-11-13(12-7-5-4-6-8-12)14(15)18(16-11)10-9-17(2)3/h4-8H,9-10,15H2,1-3H3. The molecule has 4 heteroatoms. The summed E-state index contributed by atoms with van der Waals surface area (Å²) in [5, 5.41) is 4.52. The Labute approximate surface area is 108 Å². The fourth-order valence-electron chi connectivity index (χ4n) is 2.03. The van der Waals surface area contributed by atoms with Gasteiger partial charge in [-0.3, -0.25) is 0 Å². The van der Waals surface area contributed by atoms with Gasteiger partial charge in [0, 0.05) is 12.1 Å². The Hall–Kier alpha value is -1.81. The maximum Gasteiger partial charge on any atom is 0.129 e. The van der Waals surface area contributed by atoms with Crippen molar-refractivity contribution in [3.8, 4) is 11.1 Å². The number of rotatable bonds is 4. The molecule has 0 unspecified atom stereocenters. The second kappa shape index (κ2) is 5.23. The first-order valence-corrected chi connectivity index (χ1v) is 6.12. The third kappa shape index (κ3) is 2.54. The van der Waals surface area contributed by atoms with Crippen molar-refractivity contribution < 1.29 is 0 Å². The fourth-order valence-corrected chi connectivity index (χ4v) is 2.03. The molecule has 0 saturated heterocycles. The van der Waals surface area contributed by atoms with E-state index in [-0.39, 0.29) is 0 Å². The first-order valence-electron chi connectivity index (χ1n) is 6.12. The van der Waals surface area contributed by atoms with Gasteiger partial charge >= 0.3 is 0 Å². The van der Waals surface area contributed by atoms with Crippen LogP contribution in [0.3, 0.4) is 0 Å². The summed E-state index contributed by atoms with van der Waals surface area (Å²) in [6, 6.07) is 10.2. The molecular weight excluding hydrogens is 224 g/mol. The van der Waals surface area contributed by atoms with Crippen LogP contribution in [0.4, 0.5) is 5.82 Å². The number of nitrogens with two attached hydrogens (primary N) is 1. The number of anilines is 1. The van der Waals surface area contributed by atoms with Crippen molar-refractivity contribution in [2.75, 3.05) is 26.4 Å².